The number of pyridine rings is 1. The van der Waals surface area contributed by atoms with E-state index in [1.165, 1.54) is 16.7 Å². The lowest BCUT2D eigenvalue weighted by Gasteiger charge is -2.16. The monoisotopic (exact) mass is 278 g/mol. The number of anilines is 1. The van der Waals surface area contributed by atoms with Crippen LogP contribution in [0.2, 0.25) is 0 Å². The number of nitrogens with zero attached hydrogens (tertiary/aromatic N) is 1. The molecule has 0 spiro atoms. The molecule has 108 valence electrons. The van der Waals surface area contributed by atoms with E-state index >= 15 is 0 Å². The Morgan fingerprint density at radius 3 is 2.70 bits per heavy atom. The normalized spacial score (nSPS) is 21.6. The lowest BCUT2D eigenvalue weighted by atomic mass is 9.95. The highest BCUT2D eigenvalue weighted by Gasteiger charge is 2.37. The van der Waals surface area contributed by atoms with Crippen LogP contribution in [0.4, 0.5) is 5.69 Å². The van der Waals surface area contributed by atoms with Gasteiger partial charge in [-0.25, -0.2) is 0 Å². The topological polar surface area (TPSA) is 88.4 Å². The molecule has 6 heteroatoms. The molecule has 0 unspecified atom stereocenters. The largest absolute Gasteiger partial charge is 0.481 e. The molecule has 1 amide bonds. The van der Waals surface area contributed by atoms with Crippen molar-refractivity contribution in [2.75, 3.05) is 5.32 Å². The van der Waals surface area contributed by atoms with Gasteiger partial charge < -0.3 is 15.0 Å². The molecular formula is C14H18N2O4. The summed E-state index contributed by atoms with van der Waals surface area (Å²) < 4.78 is 1.49. The highest BCUT2D eigenvalue weighted by molar-refractivity contribution is 5.95. The molecule has 2 rings (SSSR count). The molecule has 1 aliphatic carbocycles. The number of carbonyl (C=O) groups is 2. The van der Waals surface area contributed by atoms with Crippen LogP contribution in [-0.2, 0) is 16.1 Å². The molecule has 0 aliphatic heterocycles. The second-order valence-electron chi connectivity index (χ2n) is 5.01. The number of nitrogens with one attached hydrogen (secondary N) is 1. The lowest BCUT2D eigenvalue weighted by molar-refractivity contribution is -0.145. The molecule has 1 aromatic rings. The fourth-order valence-electron chi connectivity index (χ4n) is 2.66. The number of amides is 1. The van der Waals surface area contributed by atoms with E-state index in [0.29, 0.717) is 25.1 Å². The van der Waals surface area contributed by atoms with Gasteiger partial charge in [-0.3, -0.25) is 14.4 Å². The molecule has 1 saturated carbocycles. The van der Waals surface area contributed by atoms with Crippen molar-refractivity contribution in [3.63, 3.8) is 0 Å². The first-order valence-electron chi connectivity index (χ1n) is 6.77. The predicted molar refractivity (Wildman–Crippen MR) is 73.5 cm³/mol. The minimum absolute atomic E-state index is 0.130. The maximum absolute atomic E-state index is 12.2. The fraction of sp³-hybridized carbons (Fsp3) is 0.500. The Morgan fingerprint density at radius 1 is 1.35 bits per heavy atom. The zero-order chi connectivity index (χ0) is 14.7. The fourth-order valence-corrected chi connectivity index (χ4v) is 2.66. The Morgan fingerprint density at radius 2 is 2.05 bits per heavy atom. The summed E-state index contributed by atoms with van der Waals surface area (Å²) in [6.45, 7) is 2.36. The summed E-state index contributed by atoms with van der Waals surface area (Å²) in [6.07, 6.45) is 3.46. The van der Waals surface area contributed by atoms with E-state index in [9.17, 15) is 14.4 Å². The van der Waals surface area contributed by atoms with Crippen molar-refractivity contribution < 1.29 is 14.7 Å². The number of aromatic nitrogens is 1. The zero-order valence-electron chi connectivity index (χ0n) is 11.3. The summed E-state index contributed by atoms with van der Waals surface area (Å²) >= 11 is 0. The van der Waals surface area contributed by atoms with Gasteiger partial charge in [0.15, 0.2) is 0 Å². The number of hydrogen-bond acceptors (Lipinski definition) is 3. The molecule has 2 atom stereocenters. The van der Waals surface area contributed by atoms with Gasteiger partial charge in [-0.05, 0) is 25.8 Å². The maximum atomic E-state index is 12.2. The van der Waals surface area contributed by atoms with Gasteiger partial charge in [-0.2, -0.15) is 0 Å². The van der Waals surface area contributed by atoms with Crippen LogP contribution in [0.1, 0.15) is 26.2 Å². The van der Waals surface area contributed by atoms with Crippen LogP contribution in [0.15, 0.2) is 23.1 Å². The third-order valence-corrected chi connectivity index (χ3v) is 3.76. The second kappa shape index (κ2) is 5.90. The molecule has 1 fully saturated rings. The van der Waals surface area contributed by atoms with Gasteiger partial charge in [0.05, 0.1) is 17.5 Å². The van der Waals surface area contributed by atoms with Gasteiger partial charge >= 0.3 is 5.97 Å². The first-order valence-corrected chi connectivity index (χ1v) is 6.77. The minimum Gasteiger partial charge on any atom is -0.481 e. The van der Waals surface area contributed by atoms with E-state index in [1.807, 2.05) is 6.92 Å². The van der Waals surface area contributed by atoms with Gasteiger partial charge in [0.2, 0.25) is 5.91 Å². The van der Waals surface area contributed by atoms with Crippen LogP contribution in [-0.4, -0.2) is 21.6 Å². The Labute approximate surface area is 116 Å². The van der Waals surface area contributed by atoms with Crippen molar-refractivity contribution in [1.82, 2.24) is 4.57 Å². The number of aliphatic carboxylic acids is 1. The molecular weight excluding hydrogens is 260 g/mol. The molecule has 20 heavy (non-hydrogen) atoms. The van der Waals surface area contributed by atoms with Crippen molar-refractivity contribution >= 4 is 17.6 Å². The average molecular weight is 278 g/mol. The maximum Gasteiger partial charge on any atom is 0.307 e. The number of rotatable bonds is 4. The van der Waals surface area contributed by atoms with Crippen LogP contribution in [0.5, 0.6) is 0 Å². The molecule has 1 heterocycles. The number of carboxylic acid groups (broad SMARTS) is 1. The summed E-state index contributed by atoms with van der Waals surface area (Å²) in [4.78, 5) is 34.7. The smallest absolute Gasteiger partial charge is 0.307 e. The summed E-state index contributed by atoms with van der Waals surface area (Å²) in [5, 5.41) is 11.8. The third kappa shape index (κ3) is 2.89. The zero-order valence-corrected chi connectivity index (χ0v) is 11.3. The van der Waals surface area contributed by atoms with Crippen molar-refractivity contribution in [2.24, 2.45) is 11.8 Å². The van der Waals surface area contributed by atoms with Crippen LogP contribution >= 0.6 is 0 Å². The van der Waals surface area contributed by atoms with Crippen molar-refractivity contribution in [2.45, 2.75) is 32.7 Å². The third-order valence-electron chi connectivity index (χ3n) is 3.76. The molecule has 1 aliphatic rings. The van der Waals surface area contributed by atoms with Gasteiger partial charge in [0.25, 0.3) is 5.56 Å². The second-order valence-corrected chi connectivity index (χ2v) is 5.01. The van der Waals surface area contributed by atoms with Crippen LogP contribution < -0.4 is 10.9 Å². The van der Waals surface area contributed by atoms with E-state index in [2.05, 4.69) is 5.32 Å². The number of hydrogen-bond donors (Lipinski definition) is 2. The van der Waals surface area contributed by atoms with E-state index in [0.717, 1.165) is 6.42 Å². The van der Waals surface area contributed by atoms with Crippen molar-refractivity contribution in [1.29, 1.82) is 0 Å². The first kappa shape index (κ1) is 14.3. The Hall–Kier alpha value is -2.11. The van der Waals surface area contributed by atoms with Crippen molar-refractivity contribution in [3.8, 4) is 0 Å². The molecule has 0 bridgehead atoms. The summed E-state index contributed by atoms with van der Waals surface area (Å²) in [7, 11) is 0. The highest BCUT2D eigenvalue weighted by Crippen LogP contribution is 2.32. The van der Waals surface area contributed by atoms with E-state index < -0.39 is 17.8 Å². The number of aryl methyl sites for hydroxylation is 1. The first-order chi connectivity index (χ1) is 9.52. The molecule has 0 aromatic carbocycles. The van der Waals surface area contributed by atoms with Crippen LogP contribution in [0.25, 0.3) is 0 Å². The van der Waals surface area contributed by atoms with Crippen LogP contribution in [0, 0.1) is 11.8 Å². The molecule has 0 saturated heterocycles. The van der Waals surface area contributed by atoms with E-state index in [-0.39, 0.29) is 11.5 Å². The average Bonchev–Trinajstić information content (AvgIpc) is 2.90. The van der Waals surface area contributed by atoms with E-state index in [1.54, 1.807) is 6.20 Å². The standard InChI is InChI=1S/C14H18N2O4/c1-2-16-8-9(6-7-12(16)17)15-13(18)10-4-3-5-11(10)14(19)20/h6-8,10-11H,2-5H2,1H3,(H,15,18)(H,19,20)/t10-,11+/m1/s1. The highest BCUT2D eigenvalue weighted by atomic mass is 16.4. The quantitative estimate of drug-likeness (QED) is 0.869. The van der Waals surface area contributed by atoms with E-state index in [4.69, 9.17) is 5.11 Å². The SMILES string of the molecule is CCn1cc(NC(=O)[C@@H]2CCC[C@@H]2C(=O)O)ccc1=O. The molecule has 1 aromatic heterocycles. The summed E-state index contributed by atoms with van der Waals surface area (Å²) in [6, 6.07) is 2.93. The minimum atomic E-state index is -0.916. The summed E-state index contributed by atoms with van der Waals surface area (Å²) in [5.41, 5.74) is 0.391. The Bertz CT molecular complexity index is 579. The lowest BCUT2D eigenvalue weighted by Crippen LogP contribution is -2.30. The molecule has 2 N–H and O–H groups in total. The van der Waals surface area contributed by atoms with Gasteiger partial charge in [0, 0.05) is 18.8 Å². The van der Waals surface area contributed by atoms with Crippen LogP contribution in [0.3, 0.4) is 0 Å². The Kier molecular flexibility index (Phi) is 4.22. The van der Waals surface area contributed by atoms with Gasteiger partial charge in [0.1, 0.15) is 0 Å². The van der Waals surface area contributed by atoms with Crippen molar-refractivity contribution in [3.05, 3.63) is 28.7 Å². The van der Waals surface area contributed by atoms with Gasteiger partial charge in [-0.15, -0.1) is 0 Å². The predicted octanol–water partition coefficient (Wildman–Crippen LogP) is 1.31. The van der Waals surface area contributed by atoms with Gasteiger partial charge in [-0.1, -0.05) is 6.42 Å². The number of carbonyl (C=O) groups excluding carboxylic acids is 1. The Balaban J connectivity index is 2.11. The number of carboxylic acids is 1. The summed E-state index contributed by atoms with van der Waals surface area (Å²) in [5.74, 6) is -2.29. The molecule has 6 nitrogen and oxygen atoms in total. The molecule has 0 radical (unpaired) electrons.